The van der Waals surface area contributed by atoms with Gasteiger partial charge < -0.3 is 14.8 Å². The number of para-hydroxylation sites is 1. The molecule has 0 spiro atoms. The Kier molecular flexibility index (Phi) is 2.98. The third kappa shape index (κ3) is 2.10. The highest BCUT2D eigenvalue weighted by Crippen LogP contribution is 2.20. The van der Waals surface area contributed by atoms with Crippen molar-refractivity contribution in [3.63, 3.8) is 0 Å². The van der Waals surface area contributed by atoms with Crippen LogP contribution in [0, 0.1) is 0 Å². The number of H-pyrrole nitrogens is 1. The number of hydrogen-bond acceptors (Lipinski definition) is 3. The van der Waals surface area contributed by atoms with Gasteiger partial charge in [-0.15, -0.1) is 0 Å². The number of carbonyl (C=O) groups excluding carboxylic acids is 1. The third-order valence-corrected chi connectivity index (χ3v) is 3.86. The Morgan fingerprint density at radius 3 is 3.05 bits per heavy atom. The number of imidazole rings is 1. The minimum absolute atomic E-state index is 0.0852. The van der Waals surface area contributed by atoms with Gasteiger partial charge in [0.2, 0.25) is 0 Å². The quantitative estimate of drug-likeness (QED) is 0.884. The Morgan fingerprint density at radius 1 is 1.47 bits per heavy atom. The number of likely N-dealkylation sites (N-methyl/N-ethyl adjacent to an activating group) is 1. The predicted molar refractivity (Wildman–Crippen MR) is 74.1 cm³/mol. The van der Waals surface area contributed by atoms with Crippen LogP contribution in [0.4, 0.5) is 0 Å². The van der Waals surface area contributed by atoms with E-state index in [0.29, 0.717) is 11.6 Å². The lowest BCUT2D eigenvalue weighted by molar-refractivity contribution is 0.0785. The largest absolute Gasteiger partial charge is 0.345 e. The molecule has 0 radical (unpaired) electrons. The van der Waals surface area contributed by atoms with Crippen LogP contribution in [0.2, 0.25) is 0 Å². The molecule has 1 saturated heterocycles. The highest BCUT2D eigenvalue weighted by molar-refractivity contribution is 6.04. The number of nitrogens with one attached hydrogen (secondary N) is 1. The molecule has 1 atom stereocenters. The van der Waals surface area contributed by atoms with Crippen molar-refractivity contribution >= 4 is 16.9 Å². The molecule has 1 unspecified atom stereocenters. The number of fused-ring (bicyclic) bond motifs is 1. The molecule has 0 saturated carbocycles. The zero-order valence-corrected chi connectivity index (χ0v) is 11.3. The van der Waals surface area contributed by atoms with Gasteiger partial charge >= 0.3 is 0 Å². The lowest BCUT2D eigenvalue weighted by atomic mass is 10.1. The van der Waals surface area contributed by atoms with Gasteiger partial charge in [0.1, 0.15) is 5.52 Å². The number of amides is 1. The molecule has 2 heterocycles. The Labute approximate surface area is 112 Å². The van der Waals surface area contributed by atoms with Crippen LogP contribution in [0.25, 0.3) is 11.0 Å². The van der Waals surface area contributed by atoms with E-state index in [-0.39, 0.29) is 5.91 Å². The van der Waals surface area contributed by atoms with Crippen molar-refractivity contribution < 1.29 is 4.79 Å². The van der Waals surface area contributed by atoms with Crippen molar-refractivity contribution in [2.24, 2.45) is 0 Å². The second-order valence-electron chi connectivity index (χ2n) is 5.26. The summed E-state index contributed by atoms with van der Waals surface area (Å²) in [5.41, 5.74) is 2.37. The van der Waals surface area contributed by atoms with Crippen LogP contribution in [-0.2, 0) is 0 Å². The van der Waals surface area contributed by atoms with Crippen LogP contribution >= 0.6 is 0 Å². The van der Waals surface area contributed by atoms with Gasteiger partial charge in [-0.05, 0) is 32.6 Å². The Bertz CT molecular complexity index is 604. The van der Waals surface area contributed by atoms with Gasteiger partial charge in [0, 0.05) is 19.1 Å². The van der Waals surface area contributed by atoms with Crippen molar-refractivity contribution in [1.29, 1.82) is 0 Å². The van der Waals surface area contributed by atoms with Gasteiger partial charge in [0.15, 0.2) is 0 Å². The van der Waals surface area contributed by atoms with Gasteiger partial charge in [0.05, 0.1) is 17.4 Å². The molecule has 0 aliphatic carbocycles. The summed E-state index contributed by atoms with van der Waals surface area (Å²) in [5, 5.41) is 0. The highest BCUT2D eigenvalue weighted by Gasteiger charge is 2.29. The van der Waals surface area contributed by atoms with Crippen LogP contribution in [0.1, 0.15) is 16.8 Å². The van der Waals surface area contributed by atoms with Crippen molar-refractivity contribution in [2.75, 3.05) is 27.2 Å². The molecular weight excluding hydrogens is 240 g/mol. The zero-order valence-electron chi connectivity index (χ0n) is 11.3. The maximum atomic E-state index is 12.6. The van der Waals surface area contributed by atoms with Crippen LogP contribution < -0.4 is 0 Å². The molecule has 0 bridgehead atoms. The average molecular weight is 258 g/mol. The molecule has 100 valence electrons. The number of carbonyl (C=O) groups is 1. The van der Waals surface area contributed by atoms with Gasteiger partial charge in [-0.3, -0.25) is 4.79 Å². The normalized spacial score (nSPS) is 19.5. The van der Waals surface area contributed by atoms with E-state index >= 15 is 0 Å². The number of aromatic nitrogens is 2. The standard InChI is InChI=1S/C14H18N4O/c1-17(2)10-6-7-18(8-10)14(19)11-4-3-5-12-13(11)16-9-15-12/h3-5,9-10H,6-8H2,1-2H3,(H,15,16). The summed E-state index contributed by atoms with van der Waals surface area (Å²) in [5.74, 6) is 0.0852. The average Bonchev–Trinajstić information content (AvgIpc) is 3.06. The summed E-state index contributed by atoms with van der Waals surface area (Å²) in [6.45, 7) is 1.62. The summed E-state index contributed by atoms with van der Waals surface area (Å²) >= 11 is 0. The fourth-order valence-corrected chi connectivity index (χ4v) is 2.66. The molecule has 5 heteroatoms. The summed E-state index contributed by atoms with van der Waals surface area (Å²) in [6, 6.07) is 6.15. The number of benzene rings is 1. The van der Waals surface area contributed by atoms with Crippen LogP contribution in [0.3, 0.4) is 0 Å². The van der Waals surface area contributed by atoms with E-state index in [9.17, 15) is 4.79 Å². The molecule has 1 aromatic carbocycles. The summed E-state index contributed by atoms with van der Waals surface area (Å²) in [7, 11) is 4.13. The Balaban J connectivity index is 1.87. The van der Waals surface area contributed by atoms with E-state index in [1.807, 2.05) is 23.1 Å². The van der Waals surface area contributed by atoms with Gasteiger partial charge in [0.25, 0.3) is 5.91 Å². The number of likely N-dealkylation sites (tertiary alicyclic amines) is 1. The summed E-state index contributed by atoms with van der Waals surface area (Å²) in [6.07, 6.45) is 2.67. The lowest BCUT2D eigenvalue weighted by Crippen LogP contribution is -2.34. The molecule has 19 heavy (non-hydrogen) atoms. The van der Waals surface area contributed by atoms with Crippen LogP contribution in [0.15, 0.2) is 24.5 Å². The minimum Gasteiger partial charge on any atom is -0.345 e. The second-order valence-corrected chi connectivity index (χ2v) is 5.26. The number of nitrogens with zero attached hydrogens (tertiary/aromatic N) is 3. The third-order valence-electron chi connectivity index (χ3n) is 3.86. The molecule has 1 amide bonds. The predicted octanol–water partition coefficient (Wildman–Crippen LogP) is 1.34. The SMILES string of the molecule is CN(C)C1CCN(C(=O)c2cccc3[nH]cnc23)C1. The second kappa shape index (κ2) is 4.66. The molecule has 1 aromatic heterocycles. The smallest absolute Gasteiger partial charge is 0.256 e. The topological polar surface area (TPSA) is 52.2 Å². The monoisotopic (exact) mass is 258 g/mol. The van der Waals surface area contributed by atoms with Crippen LogP contribution in [-0.4, -0.2) is 58.9 Å². The fraction of sp³-hybridized carbons (Fsp3) is 0.429. The summed E-state index contributed by atoms with van der Waals surface area (Å²) < 4.78 is 0. The summed E-state index contributed by atoms with van der Waals surface area (Å²) in [4.78, 5) is 24.0. The first-order valence-corrected chi connectivity index (χ1v) is 6.54. The molecular formula is C14H18N4O. The van der Waals surface area contributed by atoms with E-state index in [4.69, 9.17) is 0 Å². The molecule has 1 aliphatic heterocycles. The highest BCUT2D eigenvalue weighted by atomic mass is 16.2. The first-order valence-electron chi connectivity index (χ1n) is 6.54. The molecule has 1 aliphatic rings. The molecule has 2 aromatic rings. The van der Waals surface area contributed by atoms with Gasteiger partial charge in [-0.2, -0.15) is 0 Å². The molecule has 1 N–H and O–H groups in total. The van der Waals surface area contributed by atoms with Gasteiger partial charge in [-0.25, -0.2) is 4.98 Å². The van der Waals surface area contributed by atoms with Gasteiger partial charge in [-0.1, -0.05) is 6.07 Å². The number of hydrogen-bond donors (Lipinski definition) is 1. The van der Waals surface area contributed by atoms with E-state index in [0.717, 1.165) is 30.5 Å². The fourth-order valence-electron chi connectivity index (χ4n) is 2.66. The lowest BCUT2D eigenvalue weighted by Gasteiger charge is -2.20. The van der Waals surface area contributed by atoms with E-state index in [2.05, 4.69) is 29.0 Å². The van der Waals surface area contributed by atoms with E-state index < -0.39 is 0 Å². The molecule has 3 rings (SSSR count). The maximum absolute atomic E-state index is 12.6. The van der Waals surface area contributed by atoms with E-state index in [1.165, 1.54) is 0 Å². The maximum Gasteiger partial charge on any atom is 0.256 e. The first-order chi connectivity index (χ1) is 9.16. The Hall–Kier alpha value is -1.88. The van der Waals surface area contributed by atoms with E-state index in [1.54, 1.807) is 6.33 Å². The minimum atomic E-state index is 0.0852. The van der Waals surface area contributed by atoms with Crippen molar-refractivity contribution in [3.8, 4) is 0 Å². The van der Waals surface area contributed by atoms with Crippen molar-refractivity contribution in [2.45, 2.75) is 12.5 Å². The van der Waals surface area contributed by atoms with Crippen LogP contribution in [0.5, 0.6) is 0 Å². The number of aromatic amines is 1. The molecule has 5 nitrogen and oxygen atoms in total. The zero-order chi connectivity index (χ0) is 13.4. The van der Waals surface area contributed by atoms with Crippen molar-refractivity contribution in [3.05, 3.63) is 30.1 Å². The number of rotatable bonds is 2. The molecule has 1 fully saturated rings. The first kappa shape index (κ1) is 12.2. The Morgan fingerprint density at radius 2 is 2.32 bits per heavy atom. The van der Waals surface area contributed by atoms with Crippen molar-refractivity contribution in [1.82, 2.24) is 19.8 Å².